The van der Waals surface area contributed by atoms with Gasteiger partial charge in [0.15, 0.2) is 0 Å². The number of hydrogen-bond donors (Lipinski definition) is 0. The highest BCUT2D eigenvalue weighted by Gasteiger charge is 2.38. The Morgan fingerprint density at radius 1 is 1.56 bits per heavy atom. The number of nitrogens with zero attached hydrogens (tertiary/aromatic N) is 1. The van der Waals surface area contributed by atoms with Crippen LogP contribution in [0.3, 0.4) is 0 Å². The molecule has 0 aromatic rings. The van der Waals surface area contributed by atoms with Gasteiger partial charge in [-0.2, -0.15) is 0 Å². The molecule has 1 aliphatic heterocycles. The topological polar surface area (TPSA) is 3.01 Å². The molecule has 0 bridgehead atoms. The second kappa shape index (κ2) is 1.75. The van der Waals surface area contributed by atoms with E-state index in [0.717, 1.165) is 5.92 Å². The first kappa shape index (κ1) is 5.32. The van der Waals surface area contributed by atoms with Crippen molar-refractivity contribution in [1.82, 2.24) is 4.90 Å². The fourth-order valence-corrected chi connectivity index (χ4v) is 1.24. The molecule has 1 heteroatoms. The Morgan fingerprint density at radius 3 is 2.78 bits per heavy atom. The third-order valence-electron chi connectivity index (χ3n) is 2.17. The van der Waals surface area contributed by atoms with Gasteiger partial charge in [-0.3, -0.25) is 0 Å². The molecule has 0 aromatic carbocycles. The molecule has 2 aliphatic rings. The van der Waals surface area contributed by atoms with Gasteiger partial charge in [0.2, 0.25) is 0 Å². The van der Waals surface area contributed by atoms with Gasteiger partial charge in [0, 0.05) is 25.6 Å². The van der Waals surface area contributed by atoms with Gasteiger partial charge in [0.05, 0.1) is 0 Å². The number of rotatable bonds is 2. The summed E-state index contributed by atoms with van der Waals surface area (Å²) in [4.78, 5) is 2.45. The Hall–Kier alpha value is -0.480. The second-order valence-corrected chi connectivity index (χ2v) is 3.07. The van der Waals surface area contributed by atoms with Gasteiger partial charge in [0.25, 0.3) is 0 Å². The van der Waals surface area contributed by atoms with Crippen LogP contribution < -0.4 is 0 Å². The predicted molar refractivity (Wildman–Crippen MR) is 36.9 cm³/mol. The molecule has 0 radical (unpaired) electrons. The molecule has 0 amide bonds. The summed E-state index contributed by atoms with van der Waals surface area (Å²) in [6.45, 7) is 3.90. The zero-order chi connectivity index (χ0) is 6.27. The second-order valence-electron chi connectivity index (χ2n) is 3.07. The highest BCUT2D eigenvalue weighted by Crippen LogP contribution is 2.39. The van der Waals surface area contributed by atoms with E-state index >= 15 is 0 Å². The Morgan fingerprint density at radius 2 is 2.33 bits per heavy atom. The molecule has 1 nitrogen and oxygen atoms in total. The third-order valence-corrected chi connectivity index (χ3v) is 2.17. The highest BCUT2D eigenvalue weighted by molar-refractivity contribution is 5.08. The zero-order valence-corrected chi connectivity index (χ0v) is 5.51. The summed E-state index contributed by atoms with van der Waals surface area (Å²) < 4.78 is 0. The zero-order valence-electron chi connectivity index (χ0n) is 5.51. The smallest absolute Gasteiger partial charge is 0.0244 e. The van der Waals surface area contributed by atoms with Crippen LogP contribution in [0.4, 0.5) is 0 Å². The van der Waals surface area contributed by atoms with E-state index in [-0.39, 0.29) is 0 Å². The summed E-state index contributed by atoms with van der Waals surface area (Å²) >= 11 is 0. The fourth-order valence-electron chi connectivity index (χ4n) is 1.24. The molecule has 9 heavy (non-hydrogen) atoms. The van der Waals surface area contributed by atoms with Crippen LogP contribution >= 0.6 is 0 Å². The monoisotopic (exact) mass is 121 g/mol. The van der Waals surface area contributed by atoms with E-state index in [1.165, 1.54) is 26.1 Å². The minimum Gasteiger partial charge on any atom is -0.300 e. The molecule has 1 aliphatic carbocycles. The molecule has 1 heterocycles. The summed E-state index contributed by atoms with van der Waals surface area (Å²) in [5, 5.41) is 0. The van der Waals surface area contributed by atoms with Crippen LogP contribution in [0.2, 0.25) is 0 Å². The van der Waals surface area contributed by atoms with Gasteiger partial charge in [0.1, 0.15) is 0 Å². The number of terminal acetylenes is 1. The fraction of sp³-hybridized carbons (Fsp3) is 0.750. The maximum atomic E-state index is 5.25. The maximum absolute atomic E-state index is 5.25. The molecule has 1 saturated carbocycles. The first-order chi connectivity index (χ1) is 4.40. The Bertz CT molecular complexity index is 152. The molecular formula is C8H11N. The first-order valence-corrected chi connectivity index (χ1v) is 3.58. The van der Waals surface area contributed by atoms with E-state index in [0.29, 0.717) is 5.92 Å². The summed E-state index contributed by atoms with van der Waals surface area (Å²) in [5.41, 5.74) is 0. The summed E-state index contributed by atoms with van der Waals surface area (Å²) in [7, 11) is 0. The Balaban J connectivity index is 1.72. The van der Waals surface area contributed by atoms with Crippen LogP contribution in [0.1, 0.15) is 6.42 Å². The molecule has 2 rings (SSSR count). The average Bonchev–Trinajstić information content (AvgIpc) is 2.66. The van der Waals surface area contributed by atoms with Crippen LogP contribution in [0.15, 0.2) is 0 Å². The van der Waals surface area contributed by atoms with Crippen molar-refractivity contribution in [2.24, 2.45) is 11.8 Å². The van der Waals surface area contributed by atoms with Crippen LogP contribution in [-0.4, -0.2) is 24.5 Å². The van der Waals surface area contributed by atoms with E-state index in [1.807, 2.05) is 0 Å². The Labute approximate surface area is 56.0 Å². The van der Waals surface area contributed by atoms with Crippen molar-refractivity contribution in [1.29, 1.82) is 0 Å². The molecule has 48 valence electrons. The minimum absolute atomic E-state index is 0.630. The highest BCUT2D eigenvalue weighted by atomic mass is 15.3. The molecule has 2 atom stereocenters. The SMILES string of the molecule is C#CC1CC1CN1CC1. The van der Waals surface area contributed by atoms with Crippen molar-refractivity contribution < 1.29 is 0 Å². The van der Waals surface area contributed by atoms with Crippen molar-refractivity contribution in [3.63, 3.8) is 0 Å². The lowest BCUT2D eigenvalue weighted by molar-refractivity contribution is 0.512. The predicted octanol–water partition coefficient (Wildman–Crippen LogP) is 0.571. The van der Waals surface area contributed by atoms with Crippen LogP contribution in [-0.2, 0) is 0 Å². The van der Waals surface area contributed by atoms with E-state index in [1.54, 1.807) is 0 Å². The van der Waals surface area contributed by atoms with E-state index in [4.69, 9.17) is 6.42 Å². The lowest BCUT2D eigenvalue weighted by atomic mass is 10.3. The van der Waals surface area contributed by atoms with Gasteiger partial charge in [-0.1, -0.05) is 0 Å². The third kappa shape index (κ3) is 1.09. The van der Waals surface area contributed by atoms with Crippen molar-refractivity contribution in [2.75, 3.05) is 19.6 Å². The molecule has 0 spiro atoms. The van der Waals surface area contributed by atoms with E-state index in [9.17, 15) is 0 Å². The van der Waals surface area contributed by atoms with Gasteiger partial charge in [-0.25, -0.2) is 0 Å². The normalized spacial score (nSPS) is 39.9. The van der Waals surface area contributed by atoms with Crippen LogP contribution in [0.25, 0.3) is 0 Å². The van der Waals surface area contributed by atoms with Gasteiger partial charge in [-0.05, 0) is 12.3 Å². The van der Waals surface area contributed by atoms with Crippen LogP contribution in [0.5, 0.6) is 0 Å². The van der Waals surface area contributed by atoms with Gasteiger partial charge < -0.3 is 4.90 Å². The maximum Gasteiger partial charge on any atom is 0.0244 e. The standard InChI is InChI=1S/C8H11N/c1-2-7-5-8(7)6-9-3-4-9/h1,7-8H,3-6H2. The quantitative estimate of drug-likeness (QED) is 0.381. The lowest BCUT2D eigenvalue weighted by Crippen LogP contribution is -2.01. The van der Waals surface area contributed by atoms with Crippen molar-refractivity contribution in [3.8, 4) is 12.3 Å². The minimum atomic E-state index is 0.630. The lowest BCUT2D eigenvalue weighted by Gasteiger charge is -1.93. The van der Waals surface area contributed by atoms with Gasteiger partial charge >= 0.3 is 0 Å². The molecule has 0 aromatic heterocycles. The Kier molecular flexibility index (Phi) is 1.03. The van der Waals surface area contributed by atoms with E-state index in [2.05, 4.69) is 10.8 Å². The molecule has 0 N–H and O–H groups in total. The van der Waals surface area contributed by atoms with Crippen LogP contribution in [0, 0.1) is 24.2 Å². The molecular weight excluding hydrogens is 110 g/mol. The largest absolute Gasteiger partial charge is 0.300 e. The molecule has 1 saturated heterocycles. The summed E-state index contributed by atoms with van der Waals surface area (Å²) in [6.07, 6.45) is 6.54. The first-order valence-electron chi connectivity index (χ1n) is 3.58. The summed E-state index contributed by atoms with van der Waals surface area (Å²) in [5.74, 6) is 4.28. The molecule has 2 fully saturated rings. The van der Waals surface area contributed by atoms with Crippen molar-refractivity contribution in [3.05, 3.63) is 0 Å². The number of hydrogen-bond acceptors (Lipinski definition) is 1. The van der Waals surface area contributed by atoms with Crippen molar-refractivity contribution in [2.45, 2.75) is 6.42 Å². The van der Waals surface area contributed by atoms with E-state index < -0.39 is 0 Å². The molecule has 2 unspecified atom stereocenters. The van der Waals surface area contributed by atoms with Gasteiger partial charge in [-0.15, -0.1) is 12.3 Å². The van der Waals surface area contributed by atoms with Crippen molar-refractivity contribution >= 4 is 0 Å². The average molecular weight is 121 g/mol. The summed E-state index contributed by atoms with van der Waals surface area (Å²) in [6, 6.07) is 0.